The Balaban J connectivity index is 1.78. The van der Waals surface area contributed by atoms with Crippen molar-refractivity contribution in [1.29, 1.82) is 0 Å². The molecule has 0 aliphatic rings. The third-order valence-corrected chi connectivity index (χ3v) is 5.16. The predicted molar refractivity (Wildman–Crippen MR) is 100 cm³/mol. The van der Waals surface area contributed by atoms with E-state index in [0.717, 1.165) is 27.9 Å². The van der Waals surface area contributed by atoms with Crippen molar-refractivity contribution in [2.45, 2.75) is 19.2 Å². The van der Waals surface area contributed by atoms with Gasteiger partial charge in [0.15, 0.2) is 0 Å². The lowest BCUT2D eigenvalue weighted by Crippen LogP contribution is -2.25. The normalized spacial score (nSPS) is 11.4. The molecular formula is C20H20N2O2S. The van der Waals surface area contributed by atoms with Gasteiger partial charge in [-0.25, -0.2) is 13.1 Å². The van der Waals surface area contributed by atoms with Gasteiger partial charge in [0, 0.05) is 18.3 Å². The first kappa shape index (κ1) is 17.3. The standard InChI is InChI=1S/C20H20N2O2S/c1-16-7-5-10-18(13-16)20-19(11-6-12-21-20)14-22-25(23,24)15-17-8-3-2-4-9-17/h2-13,22H,14-15H2,1H3. The number of pyridine rings is 1. The van der Waals surface area contributed by atoms with Crippen LogP contribution < -0.4 is 4.72 Å². The minimum atomic E-state index is -3.42. The molecule has 0 unspecified atom stereocenters. The highest BCUT2D eigenvalue weighted by molar-refractivity contribution is 7.88. The van der Waals surface area contributed by atoms with Crippen molar-refractivity contribution in [2.24, 2.45) is 0 Å². The second-order valence-electron chi connectivity index (χ2n) is 5.95. The van der Waals surface area contributed by atoms with Crippen LogP contribution in [0.5, 0.6) is 0 Å². The molecule has 0 fully saturated rings. The average molecular weight is 352 g/mol. The molecular weight excluding hydrogens is 332 g/mol. The van der Waals surface area contributed by atoms with Crippen molar-refractivity contribution in [3.05, 3.63) is 89.6 Å². The third-order valence-electron chi connectivity index (χ3n) is 3.86. The van der Waals surface area contributed by atoms with Crippen LogP contribution in [0.2, 0.25) is 0 Å². The van der Waals surface area contributed by atoms with E-state index >= 15 is 0 Å². The van der Waals surface area contributed by atoms with Gasteiger partial charge in [0.25, 0.3) is 0 Å². The molecule has 128 valence electrons. The highest BCUT2D eigenvalue weighted by atomic mass is 32.2. The molecule has 5 heteroatoms. The summed E-state index contributed by atoms with van der Waals surface area (Å²) in [5, 5.41) is 0. The summed E-state index contributed by atoms with van der Waals surface area (Å²) in [7, 11) is -3.42. The Hall–Kier alpha value is -2.50. The van der Waals surface area contributed by atoms with Crippen LogP contribution in [-0.4, -0.2) is 13.4 Å². The van der Waals surface area contributed by atoms with Crippen LogP contribution in [0.3, 0.4) is 0 Å². The van der Waals surface area contributed by atoms with Gasteiger partial charge in [-0.2, -0.15) is 0 Å². The Morgan fingerprint density at radius 1 is 0.960 bits per heavy atom. The fourth-order valence-electron chi connectivity index (χ4n) is 2.67. The van der Waals surface area contributed by atoms with Crippen molar-refractivity contribution in [3.63, 3.8) is 0 Å². The van der Waals surface area contributed by atoms with E-state index in [0.29, 0.717) is 0 Å². The second kappa shape index (κ2) is 7.59. The fraction of sp³-hybridized carbons (Fsp3) is 0.150. The van der Waals surface area contributed by atoms with Gasteiger partial charge in [-0.1, -0.05) is 60.2 Å². The number of hydrogen-bond donors (Lipinski definition) is 1. The van der Waals surface area contributed by atoms with Gasteiger partial charge in [-0.3, -0.25) is 4.98 Å². The van der Waals surface area contributed by atoms with Crippen molar-refractivity contribution in [2.75, 3.05) is 0 Å². The number of nitrogens with zero attached hydrogens (tertiary/aromatic N) is 1. The summed E-state index contributed by atoms with van der Waals surface area (Å²) in [4.78, 5) is 4.44. The largest absolute Gasteiger partial charge is 0.256 e. The lowest BCUT2D eigenvalue weighted by molar-refractivity contribution is 0.580. The first-order chi connectivity index (χ1) is 12.0. The first-order valence-corrected chi connectivity index (χ1v) is 9.71. The number of hydrogen-bond acceptors (Lipinski definition) is 3. The van der Waals surface area contributed by atoms with Crippen LogP contribution >= 0.6 is 0 Å². The summed E-state index contributed by atoms with van der Waals surface area (Å²) >= 11 is 0. The summed E-state index contributed by atoms with van der Waals surface area (Å²) in [5.41, 5.74) is 4.54. The quantitative estimate of drug-likeness (QED) is 0.736. The first-order valence-electron chi connectivity index (χ1n) is 8.06. The van der Waals surface area contributed by atoms with E-state index in [1.165, 1.54) is 0 Å². The SMILES string of the molecule is Cc1cccc(-c2ncccc2CNS(=O)(=O)Cc2ccccc2)c1. The van der Waals surface area contributed by atoms with Crippen LogP contribution in [0.1, 0.15) is 16.7 Å². The molecule has 4 nitrogen and oxygen atoms in total. The predicted octanol–water partition coefficient (Wildman–Crippen LogP) is 3.68. The molecule has 1 N–H and O–H groups in total. The van der Waals surface area contributed by atoms with Gasteiger partial charge < -0.3 is 0 Å². The van der Waals surface area contributed by atoms with Crippen LogP contribution in [-0.2, 0) is 22.3 Å². The molecule has 0 saturated carbocycles. The maximum atomic E-state index is 12.3. The molecule has 0 saturated heterocycles. The van der Waals surface area contributed by atoms with Crippen LogP contribution in [0.15, 0.2) is 72.9 Å². The molecule has 0 bridgehead atoms. The Kier molecular flexibility index (Phi) is 5.26. The number of nitrogens with one attached hydrogen (secondary N) is 1. The van der Waals surface area contributed by atoms with Crippen molar-refractivity contribution >= 4 is 10.0 Å². The topological polar surface area (TPSA) is 59.1 Å². The molecule has 1 heterocycles. The molecule has 0 atom stereocenters. The zero-order valence-corrected chi connectivity index (χ0v) is 14.8. The average Bonchev–Trinajstić information content (AvgIpc) is 2.61. The zero-order chi connectivity index (χ0) is 17.7. The minimum Gasteiger partial charge on any atom is -0.256 e. The molecule has 3 aromatic rings. The monoisotopic (exact) mass is 352 g/mol. The van der Waals surface area contributed by atoms with Gasteiger partial charge in [0.1, 0.15) is 0 Å². The maximum Gasteiger partial charge on any atom is 0.216 e. The number of sulfonamides is 1. The summed E-state index contributed by atoms with van der Waals surface area (Å²) in [6.07, 6.45) is 1.72. The molecule has 0 radical (unpaired) electrons. The van der Waals surface area contributed by atoms with Crippen LogP contribution in [0.4, 0.5) is 0 Å². The van der Waals surface area contributed by atoms with Crippen LogP contribution in [0, 0.1) is 6.92 Å². The van der Waals surface area contributed by atoms with E-state index in [1.54, 1.807) is 6.20 Å². The molecule has 25 heavy (non-hydrogen) atoms. The Morgan fingerprint density at radius 3 is 2.52 bits per heavy atom. The Bertz CT molecular complexity index is 954. The van der Waals surface area contributed by atoms with Gasteiger partial charge >= 0.3 is 0 Å². The Morgan fingerprint density at radius 2 is 1.76 bits per heavy atom. The highest BCUT2D eigenvalue weighted by Gasteiger charge is 2.13. The second-order valence-corrected chi connectivity index (χ2v) is 7.75. The maximum absolute atomic E-state index is 12.3. The van der Waals surface area contributed by atoms with E-state index in [2.05, 4.69) is 9.71 Å². The van der Waals surface area contributed by atoms with Crippen LogP contribution in [0.25, 0.3) is 11.3 Å². The van der Waals surface area contributed by atoms with Crippen molar-refractivity contribution in [3.8, 4) is 11.3 Å². The summed E-state index contributed by atoms with van der Waals surface area (Å²) < 4.78 is 27.4. The lowest BCUT2D eigenvalue weighted by atomic mass is 10.0. The third kappa shape index (κ3) is 4.75. The number of aryl methyl sites for hydroxylation is 1. The molecule has 0 aliphatic carbocycles. The lowest BCUT2D eigenvalue weighted by Gasteiger charge is -2.11. The molecule has 0 aliphatic heterocycles. The highest BCUT2D eigenvalue weighted by Crippen LogP contribution is 2.22. The van der Waals surface area contributed by atoms with Gasteiger partial charge in [0.2, 0.25) is 10.0 Å². The number of benzene rings is 2. The van der Waals surface area contributed by atoms with E-state index in [9.17, 15) is 8.42 Å². The van der Waals surface area contributed by atoms with E-state index < -0.39 is 10.0 Å². The molecule has 3 rings (SSSR count). The zero-order valence-electron chi connectivity index (χ0n) is 14.0. The summed E-state index contributed by atoms with van der Waals surface area (Å²) in [6, 6.07) is 20.9. The molecule has 0 amide bonds. The number of rotatable bonds is 6. The molecule has 2 aromatic carbocycles. The Labute approximate surface area is 148 Å². The molecule has 0 spiro atoms. The molecule has 1 aromatic heterocycles. The van der Waals surface area contributed by atoms with E-state index in [1.807, 2.05) is 73.7 Å². The van der Waals surface area contributed by atoms with E-state index in [4.69, 9.17) is 0 Å². The fourth-order valence-corrected chi connectivity index (χ4v) is 3.77. The number of aromatic nitrogens is 1. The van der Waals surface area contributed by atoms with E-state index in [-0.39, 0.29) is 12.3 Å². The van der Waals surface area contributed by atoms with Crippen molar-refractivity contribution in [1.82, 2.24) is 9.71 Å². The summed E-state index contributed by atoms with van der Waals surface area (Å²) in [5.74, 6) is -0.0338. The van der Waals surface area contributed by atoms with Gasteiger partial charge in [-0.05, 0) is 30.2 Å². The smallest absolute Gasteiger partial charge is 0.216 e. The van der Waals surface area contributed by atoms with Gasteiger partial charge in [0.05, 0.1) is 11.4 Å². The van der Waals surface area contributed by atoms with Gasteiger partial charge in [-0.15, -0.1) is 0 Å². The summed E-state index contributed by atoms with van der Waals surface area (Å²) in [6.45, 7) is 2.24. The minimum absolute atomic E-state index is 0.0338. The van der Waals surface area contributed by atoms with Crippen molar-refractivity contribution < 1.29 is 8.42 Å².